The van der Waals surface area contributed by atoms with Crippen LogP contribution in [0.3, 0.4) is 0 Å². The van der Waals surface area contributed by atoms with Crippen molar-refractivity contribution in [2.75, 3.05) is 33.3 Å². The van der Waals surface area contributed by atoms with E-state index >= 15 is 0 Å². The van der Waals surface area contributed by atoms with Gasteiger partial charge >= 0.3 is 12.1 Å². The number of nitrogens with one attached hydrogen (secondary N) is 2. The van der Waals surface area contributed by atoms with E-state index in [-0.39, 0.29) is 50.6 Å². The number of amides is 5. The topological polar surface area (TPSA) is 128 Å². The highest BCUT2D eigenvalue weighted by Crippen LogP contribution is 2.29. The number of urea groups is 1. The summed E-state index contributed by atoms with van der Waals surface area (Å²) in [6, 6.07) is 11.9. The Bertz CT molecular complexity index is 1160. The molecular weight excluding hydrogens is 504 g/mol. The molecule has 0 unspecified atom stereocenters. The Morgan fingerprint density at radius 2 is 1.95 bits per heavy atom. The van der Waals surface area contributed by atoms with Gasteiger partial charge in [0.2, 0.25) is 11.8 Å². The Morgan fingerprint density at radius 1 is 1.15 bits per heavy atom. The molecule has 2 atom stereocenters. The molecule has 12 nitrogen and oxygen atoms in total. The van der Waals surface area contributed by atoms with Gasteiger partial charge in [-0.2, -0.15) is 0 Å². The fraction of sp³-hybridized carbons (Fsp3) is 0.407. The summed E-state index contributed by atoms with van der Waals surface area (Å²) < 4.78 is 10.4. The molecule has 1 aromatic heterocycles. The number of nitrogens with zero attached hydrogens (tertiary/aromatic N) is 4. The summed E-state index contributed by atoms with van der Waals surface area (Å²) >= 11 is 0. The van der Waals surface area contributed by atoms with E-state index in [0.29, 0.717) is 25.1 Å². The Kier molecular flexibility index (Phi) is 9.21. The quantitative estimate of drug-likeness (QED) is 0.349. The molecule has 2 N–H and O–H groups in total. The molecule has 208 valence electrons. The molecule has 0 bridgehead atoms. The highest BCUT2D eigenvalue weighted by atomic mass is 16.5. The second-order valence-corrected chi connectivity index (χ2v) is 9.36. The number of benzene rings is 1. The fourth-order valence-electron chi connectivity index (χ4n) is 4.84. The van der Waals surface area contributed by atoms with E-state index in [1.807, 2.05) is 30.3 Å². The first kappa shape index (κ1) is 27.7. The van der Waals surface area contributed by atoms with E-state index in [0.717, 1.165) is 5.56 Å². The van der Waals surface area contributed by atoms with Crippen LogP contribution in [0.25, 0.3) is 0 Å². The third-order valence-corrected chi connectivity index (χ3v) is 6.62. The van der Waals surface area contributed by atoms with Gasteiger partial charge in [0, 0.05) is 20.1 Å². The summed E-state index contributed by atoms with van der Waals surface area (Å²) in [5.74, 6) is 0.112. The van der Waals surface area contributed by atoms with Gasteiger partial charge in [0.05, 0.1) is 25.9 Å². The molecule has 0 aliphatic carbocycles. The lowest BCUT2D eigenvalue weighted by Crippen LogP contribution is -2.75. The first-order valence-corrected chi connectivity index (χ1v) is 12.8. The molecule has 2 fully saturated rings. The van der Waals surface area contributed by atoms with Gasteiger partial charge in [-0.3, -0.25) is 9.59 Å². The minimum atomic E-state index is -0.810. The first-order valence-electron chi connectivity index (χ1n) is 12.8. The molecule has 4 rings (SSSR count). The van der Waals surface area contributed by atoms with E-state index < -0.39 is 18.3 Å². The highest BCUT2D eigenvalue weighted by Gasteiger charge is 2.50. The standard InChI is InChI=1S/C27H34N6O6/c1-3-14-39-27(37)28-13-7-12-22-25(35)31(17-21-11-8-15-38-21)18-23-32(22)24(34)19-30(2)33(23)26(36)29-16-20-9-5-4-6-10-20/h3-6,8-11,15,22-23H,1,7,12-14,16-19H2,2H3,(H,28,37)(H,29,36)/t22-,23-/m0/s1. The number of carbonyl (C=O) groups is 4. The van der Waals surface area contributed by atoms with E-state index in [1.54, 1.807) is 29.1 Å². The lowest BCUT2D eigenvalue weighted by Gasteiger charge is -2.54. The van der Waals surface area contributed by atoms with Crippen LogP contribution in [0.5, 0.6) is 0 Å². The lowest BCUT2D eigenvalue weighted by atomic mass is 10.0. The average Bonchev–Trinajstić information content (AvgIpc) is 3.44. The van der Waals surface area contributed by atoms with E-state index in [2.05, 4.69) is 17.2 Å². The number of hydrazine groups is 1. The van der Waals surface area contributed by atoms with Crippen molar-refractivity contribution in [1.29, 1.82) is 0 Å². The fourth-order valence-corrected chi connectivity index (χ4v) is 4.84. The summed E-state index contributed by atoms with van der Waals surface area (Å²) in [6.45, 7) is 4.44. The van der Waals surface area contributed by atoms with Crippen molar-refractivity contribution in [2.45, 2.75) is 38.1 Å². The maximum absolute atomic E-state index is 13.6. The molecule has 39 heavy (non-hydrogen) atoms. The number of fused-ring (bicyclic) bond motifs is 1. The SMILES string of the molecule is C=CCOC(=O)NCCC[C@H]1C(=O)N(Cc2ccco2)C[C@H]2N1C(=O)CN(C)N2C(=O)NCc1ccccc1. The number of furan rings is 1. The summed E-state index contributed by atoms with van der Waals surface area (Å²) in [4.78, 5) is 55.2. The Morgan fingerprint density at radius 3 is 2.67 bits per heavy atom. The molecule has 12 heteroatoms. The minimum Gasteiger partial charge on any atom is -0.467 e. The maximum Gasteiger partial charge on any atom is 0.407 e. The zero-order chi connectivity index (χ0) is 27.8. The van der Waals surface area contributed by atoms with Crippen LogP contribution in [0, 0.1) is 0 Å². The number of alkyl carbamates (subject to hydrolysis) is 1. The monoisotopic (exact) mass is 538 g/mol. The van der Waals surface area contributed by atoms with Gasteiger partial charge in [-0.1, -0.05) is 43.0 Å². The van der Waals surface area contributed by atoms with Crippen LogP contribution < -0.4 is 10.6 Å². The van der Waals surface area contributed by atoms with Crippen LogP contribution in [-0.2, 0) is 27.4 Å². The van der Waals surface area contributed by atoms with Crippen molar-refractivity contribution in [3.05, 3.63) is 72.7 Å². The molecule has 2 saturated heterocycles. The smallest absolute Gasteiger partial charge is 0.407 e. The van der Waals surface area contributed by atoms with Gasteiger partial charge < -0.3 is 29.6 Å². The zero-order valence-electron chi connectivity index (χ0n) is 22.0. The Labute approximate surface area is 227 Å². The highest BCUT2D eigenvalue weighted by molar-refractivity contribution is 5.91. The van der Waals surface area contributed by atoms with Crippen molar-refractivity contribution in [2.24, 2.45) is 0 Å². The largest absolute Gasteiger partial charge is 0.467 e. The van der Waals surface area contributed by atoms with Gasteiger partial charge in [-0.15, -0.1) is 0 Å². The molecule has 2 aliphatic rings. The van der Waals surface area contributed by atoms with Gasteiger partial charge in [-0.25, -0.2) is 19.6 Å². The predicted octanol–water partition coefficient (Wildman–Crippen LogP) is 1.91. The van der Waals surface area contributed by atoms with Gasteiger partial charge in [0.15, 0.2) is 0 Å². The summed E-state index contributed by atoms with van der Waals surface area (Å²) in [5.41, 5.74) is 0.939. The summed E-state index contributed by atoms with van der Waals surface area (Å²) in [6.07, 6.45) is 2.41. The third kappa shape index (κ3) is 6.77. The van der Waals surface area contributed by atoms with Crippen molar-refractivity contribution in [3.8, 4) is 0 Å². The maximum atomic E-state index is 13.6. The van der Waals surface area contributed by atoms with Crippen LogP contribution >= 0.6 is 0 Å². The van der Waals surface area contributed by atoms with Gasteiger partial charge in [0.1, 0.15) is 24.6 Å². The zero-order valence-corrected chi connectivity index (χ0v) is 22.0. The second kappa shape index (κ2) is 13.0. The van der Waals surface area contributed by atoms with Crippen LogP contribution in [0.4, 0.5) is 9.59 Å². The van der Waals surface area contributed by atoms with Crippen molar-refractivity contribution in [3.63, 3.8) is 0 Å². The molecule has 0 saturated carbocycles. The molecule has 5 amide bonds. The molecule has 2 aromatic rings. The van der Waals surface area contributed by atoms with E-state index in [9.17, 15) is 19.2 Å². The van der Waals surface area contributed by atoms with Crippen molar-refractivity contribution in [1.82, 2.24) is 30.5 Å². The third-order valence-electron chi connectivity index (χ3n) is 6.62. The second-order valence-electron chi connectivity index (χ2n) is 9.36. The number of hydrogen-bond acceptors (Lipinski definition) is 7. The molecule has 2 aliphatic heterocycles. The van der Waals surface area contributed by atoms with E-state index in [4.69, 9.17) is 9.15 Å². The van der Waals surface area contributed by atoms with Crippen LogP contribution in [0.2, 0.25) is 0 Å². The number of piperazine rings is 1. The summed E-state index contributed by atoms with van der Waals surface area (Å²) in [7, 11) is 1.68. The van der Waals surface area contributed by atoms with Gasteiger partial charge in [-0.05, 0) is 30.5 Å². The minimum absolute atomic E-state index is 0.0522. The number of ether oxygens (including phenoxy) is 1. The number of carbonyl (C=O) groups excluding carboxylic acids is 4. The number of rotatable bonds is 10. The Hall–Kier alpha value is -4.32. The lowest BCUT2D eigenvalue weighted by molar-refractivity contribution is -0.188. The predicted molar refractivity (Wildman–Crippen MR) is 140 cm³/mol. The van der Waals surface area contributed by atoms with E-state index in [1.165, 1.54) is 22.2 Å². The molecule has 3 heterocycles. The van der Waals surface area contributed by atoms with Crippen LogP contribution in [0.1, 0.15) is 24.2 Å². The van der Waals surface area contributed by atoms with Crippen molar-refractivity contribution >= 4 is 23.9 Å². The Balaban J connectivity index is 1.51. The normalized spacial score (nSPS) is 19.5. The van der Waals surface area contributed by atoms with Crippen molar-refractivity contribution < 1.29 is 28.3 Å². The molecular formula is C27H34N6O6. The first-order chi connectivity index (χ1) is 18.9. The molecule has 1 aromatic carbocycles. The average molecular weight is 539 g/mol. The van der Waals surface area contributed by atoms with Crippen LogP contribution in [-0.4, -0.2) is 89.3 Å². The molecule has 0 spiro atoms. The van der Waals surface area contributed by atoms with Gasteiger partial charge in [0.25, 0.3) is 0 Å². The number of likely N-dealkylation sites (N-methyl/N-ethyl adjacent to an activating group) is 1. The number of hydrogen-bond donors (Lipinski definition) is 2. The summed E-state index contributed by atoms with van der Waals surface area (Å²) in [5, 5.41) is 8.65. The molecule has 0 radical (unpaired) electrons. The van der Waals surface area contributed by atoms with Crippen LogP contribution in [0.15, 0.2) is 65.8 Å².